The van der Waals surface area contributed by atoms with Crippen LogP contribution in [0.3, 0.4) is 0 Å². The van der Waals surface area contributed by atoms with Crippen LogP contribution in [-0.2, 0) is 6.54 Å². The molecule has 3 atom stereocenters. The van der Waals surface area contributed by atoms with Gasteiger partial charge in [0, 0.05) is 49.9 Å². The van der Waals surface area contributed by atoms with E-state index in [0.717, 1.165) is 49.7 Å². The number of fused-ring (bicyclic) bond motifs is 1. The predicted molar refractivity (Wildman–Crippen MR) is 92.0 cm³/mol. The zero-order valence-corrected chi connectivity index (χ0v) is 15.0. The third-order valence-corrected chi connectivity index (χ3v) is 5.23. The maximum atomic E-state index is 9.92. The molecule has 6 heteroatoms. The van der Waals surface area contributed by atoms with E-state index in [1.165, 1.54) is 0 Å². The van der Waals surface area contributed by atoms with Gasteiger partial charge in [-0.1, -0.05) is 0 Å². The largest absolute Gasteiger partial charge is 0.496 e. The van der Waals surface area contributed by atoms with E-state index in [0.29, 0.717) is 17.8 Å². The Kier molecular flexibility index (Phi) is 5.18. The van der Waals surface area contributed by atoms with E-state index in [1.807, 2.05) is 12.1 Å². The van der Waals surface area contributed by atoms with Gasteiger partial charge in [-0.2, -0.15) is 0 Å². The maximum Gasteiger partial charge on any atom is 0.164 e. The Morgan fingerprint density at radius 1 is 1.00 bits per heavy atom. The van der Waals surface area contributed by atoms with E-state index in [9.17, 15) is 5.11 Å². The molecule has 0 saturated carbocycles. The second-order valence-corrected chi connectivity index (χ2v) is 6.79. The van der Waals surface area contributed by atoms with Crippen LogP contribution in [0.25, 0.3) is 0 Å². The molecule has 0 amide bonds. The fourth-order valence-corrected chi connectivity index (χ4v) is 3.93. The lowest BCUT2D eigenvalue weighted by Gasteiger charge is -2.42. The standard InChI is InChI=1S/C18H28N2O4/c1-12-8-20-11-15(21)6-14(20)10-19(12)9-13-5-17(23-3)18(24-4)7-16(13)22-2/h5,7,12,14-15,21H,6,8-11H2,1-4H3/t12-,14?,15-/m1/s1. The number of rotatable bonds is 5. The SMILES string of the molecule is COc1cc(OC)c(OC)cc1CN1CC2C[C@@H](O)CN2C[C@H]1C. The average Bonchev–Trinajstić information content (AvgIpc) is 2.93. The molecule has 134 valence electrons. The second kappa shape index (κ2) is 7.17. The number of nitrogens with zero attached hydrogens (tertiary/aromatic N) is 2. The molecule has 0 radical (unpaired) electrons. The van der Waals surface area contributed by atoms with Crippen LogP contribution in [0.2, 0.25) is 0 Å². The number of aliphatic hydroxyl groups is 1. The molecule has 2 fully saturated rings. The molecule has 0 bridgehead atoms. The third kappa shape index (κ3) is 3.31. The summed E-state index contributed by atoms with van der Waals surface area (Å²) in [6.45, 7) is 5.81. The third-order valence-electron chi connectivity index (χ3n) is 5.23. The van der Waals surface area contributed by atoms with E-state index < -0.39 is 0 Å². The monoisotopic (exact) mass is 336 g/mol. The summed E-state index contributed by atoms with van der Waals surface area (Å²) in [5, 5.41) is 9.92. The van der Waals surface area contributed by atoms with Crippen LogP contribution < -0.4 is 14.2 Å². The van der Waals surface area contributed by atoms with E-state index >= 15 is 0 Å². The molecule has 2 aliphatic heterocycles. The van der Waals surface area contributed by atoms with Crippen LogP contribution in [0.4, 0.5) is 0 Å². The fraction of sp³-hybridized carbons (Fsp3) is 0.667. The van der Waals surface area contributed by atoms with E-state index in [2.05, 4.69) is 16.7 Å². The summed E-state index contributed by atoms with van der Waals surface area (Å²) >= 11 is 0. The first-order valence-corrected chi connectivity index (χ1v) is 8.50. The predicted octanol–water partition coefficient (Wildman–Crippen LogP) is 1.35. The first-order chi connectivity index (χ1) is 11.5. The second-order valence-electron chi connectivity index (χ2n) is 6.79. The van der Waals surface area contributed by atoms with Crippen LogP contribution in [0.15, 0.2) is 12.1 Å². The van der Waals surface area contributed by atoms with Crippen molar-refractivity contribution in [2.24, 2.45) is 0 Å². The van der Waals surface area contributed by atoms with Gasteiger partial charge in [0.1, 0.15) is 5.75 Å². The lowest BCUT2D eigenvalue weighted by atomic mass is 10.1. The van der Waals surface area contributed by atoms with Gasteiger partial charge in [0.15, 0.2) is 11.5 Å². The number of methoxy groups -OCH3 is 3. The molecule has 1 unspecified atom stereocenters. The highest BCUT2D eigenvalue weighted by Gasteiger charge is 2.38. The molecule has 2 aliphatic rings. The molecule has 0 aliphatic carbocycles. The van der Waals surface area contributed by atoms with Gasteiger partial charge in [-0.05, 0) is 19.4 Å². The van der Waals surface area contributed by atoms with Crippen molar-refractivity contribution in [2.45, 2.75) is 38.1 Å². The molecule has 3 rings (SSSR count). The molecule has 2 heterocycles. The summed E-state index contributed by atoms with van der Waals surface area (Å²) in [6.07, 6.45) is 0.685. The lowest BCUT2D eigenvalue weighted by molar-refractivity contribution is 0.0523. The average molecular weight is 336 g/mol. The van der Waals surface area contributed by atoms with Crippen molar-refractivity contribution >= 4 is 0 Å². The van der Waals surface area contributed by atoms with Crippen LogP contribution in [0, 0.1) is 0 Å². The summed E-state index contributed by atoms with van der Waals surface area (Å²) < 4.78 is 16.4. The van der Waals surface area contributed by atoms with Gasteiger partial charge in [0.25, 0.3) is 0 Å². The highest BCUT2D eigenvalue weighted by Crippen LogP contribution is 2.36. The first kappa shape index (κ1) is 17.3. The van der Waals surface area contributed by atoms with Crippen molar-refractivity contribution in [3.8, 4) is 17.2 Å². The minimum Gasteiger partial charge on any atom is -0.496 e. The number of hydrogen-bond acceptors (Lipinski definition) is 6. The molecule has 1 aromatic rings. The smallest absolute Gasteiger partial charge is 0.164 e. The van der Waals surface area contributed by atoms with Crippen LogP contribution in [0.1, 0.15) is 18.9 Å². The number of hydrogen-bond donors (Lipinski definition) is 1. The Bertz CT molecular complexity index is 580. The zero-order valence-electron chi connectivity index (χ0n) is 15.0. The molecular weight excluding hydrogens is 308 g/mol. The topological polar surface area (TPSA) is 54.4 Å². The Balaban J connectivity index is 1.79. The van der Waals surface area contributed by atoms with Gasteiger partial charge in [-0.25, -0.2) is 0 Å². The van der Waals surface area contributed by atoms with Crippen molar-refractivity contribution in [3.05, 3.63) is 17.7 Å². The maximum absolute atomic E-state index is 9.92. The highest BCUT2D eigenvalue weighted by atomic mass is 16.5. The summed E-state index contributed by atoms with van der Waals surface area (Å²) in [7, 11) is 4.96. The number of aliphatic hydroxyl groups excluding tert-OH is 1. The van der Waals surface area contributed by atoms with Crippen molar-refractivity contribution in [1.82, 2.24) is 9.80 Å². The van der Waals surface area contributed by atoms with E-state index in [1.54, 1.807) is 21.3 Å². The number of piperazine rings is 1. The molecule has 0 aromatic heterocycles. The summed E-state index contributed by atoms with van der Waals surface area (Å²) in [6, 6.07) is 4.76. The molecular formula is C18H28N2O4. The van der Waals surface area contributed by atoms with Crippen molar-refractivity contribution in [1.29, 1.82) is 0 Å². The zero-order chi connectivity index (χ0) is 17.3. The van der Waals surface area contributed by atoms with Gasteiger partial charge < -0.3 is 19.3 Å². The minimum absolute atomic E-state index is 0.183. The van der Waals surface area contributed by atoms with Gasteiger partial charge in [0.05, 0.1) is 27.4 Å². The minimum atomic E-state index is -0.183. The van der Waals surface area contributed by atoms with E-state index in [4.69, 9.17) is 14.2 Å². The van der Waals surface area contributed by atoms with Gasteiger partial charge in [-0.3, -0.25) is 9.80 Å². The van der Waals surface area contributed by atoms with Crippen molar-refractivity contribution in [3.63, 3.8) is 0 Å². The summed E-state index contributed by atoms with van der Waals surface area (Å²) in [5.74, 6) is 2.21. The van der Waals surface area contributed by atoms with Crippen LogP contribution >= 0.6 is 0 Å². The number of ether oxygens (including phenoxy) is 3. The molecule has 1 N–H and O–H groups in total. The highest BCUT2D eigenvalue weighted by molar-refractivity contribution is 5.50. The normalized spacial score (nSPS) is 27.8. The summed E-state index contributed by atoms with van der Waals surface area (Å²) in [4.78, 5) is 4.88. The van der Waals surface area contributed by atoms with Crippen LogP contribution in [0.5, 0.6) is 17.2 Å². The van der Waals surface area contributed by atoms with Gasteiger partial charge >= 0.3 is 0 Å². The fourth-order valence-electron chi connectivity index (χ4n) is 3.93. The van der Waals surface area contributed by atoms with Crippen LogP contribution in [-0.4, -0.2) is 74.1 Å². The first-order valence-electron chi connectivity index (χ1n) is 8.50. The summed E-state index contributed by atoms with van der Waals surface area (Å²) in [5.41, 5.74) is 1.09. The van der Waals surface area contributed by atoms with E-state index in [-0.39, 0.29) is 6.10 Å². The molecule has 24 heavy (non-hydrogen) atoms. The van der Waals surface area contributed by atoms with Crippen molar-refractivity contribution in [2.75, 3.05) is 41.0 Å². The molecule has 1 aromatic carbocycles. The number of benzene rings is 1. The Morgan fingerprint density at radius 2 is 1.67 bits per heavy atom. The lowest BCUT2D eigenvalue weighted by Crippen LogP contribution is -2.54. The molecule has 0 spiro atoms. The Morgan fingerprint density at radius 3 is 2.33 bits per heavy atom. The Labute approximate surface area is 143 Å². The molecule has 2 saturated heterocycles. The molecule has 6 nitrogen and oxygen atoms in total. The van der Waals surface area contributed by atoms with Crippen molar-refractivity contribution < 1.29 is 19.3 Å². The Hall–Kier alpha value is -1.50. The van der Waals surface area contributed by atoms with Gasteiger partial charge in [-0.15, -0.1) is 0 Å². The quantitative estimate of drug-likeness (QED) is 0.876. The van der Waals surface area contributed by atoms with Gasteiger partial charge in [0.2, 0.25) is 0 Å².